The minimum atomic E-state index is -0.975. The first-order chi connectivity index (χ1) is 16.3. The van der Waals surface area contributed by atoms with E-state index in [0.717, 1.165) is 11.8 Å². The molecule has 182 valence electrons. The van der Waals surface area contributed by atoms with Crippen molar-refractivity contribution < 1.29 is 29.0 Å². The number of amides is 2. The zero-order valence-corrected chi connectivity index (χ0v) is 20.4. The van der Waals surface area contributed by atoms with Crippen molar-refractivity contribution in [3.05, 3.63) is 48.0 Å². The Morgan fingerprint density at radius 3 is 2.76 bits per heavy atom. The van der Waals surface area contributed by atoms with Crippen LogP contribution in [0.15, 0.2) is 36.8 Å². The molecule has 0 radical (unpaired) electrons. The maximum atomic E-state index is 13.3. The van der Waals surface area contributed by atoms with Crippen LogP contribution in [0.4, 0.5) is 0 Å². The number of nitrogens with zero attached hydrogens (tertiary/aromatic N) is 2. The summed E-state index contributed by atoms with van der Waals surface area (Å²) in [6.07, 6.45) is 3.21. The summed E-state index contributed by atoms with van der Waals surface area (Å²) in [7, 11) is 1.23. The number of phenols is 1. The number of methoxy groups -OCH3 is 1. The van der Waals surface area contributed by atoms with Crippen molar-refractivity contribution in [3.8, 4) is 5.75 Å². The third-order valence-corrected chi connectivity index (χ3v) is 7.32. The lowest BCUT2D eigenvalue weighted by molar-refractivity contribution is -0.146. The zero-order valence-electron chi connectivity index (χ0n) is 18.7. The summed E-state index contributed by atoms with van der Waals surface area (Å²) < 4.78 is 4.84. The SMILES string of the molecule is COC(=O)C(Cc1cnc[nH]1)NC(=O)[C@@H]1CS[C@H](c2ccccc2O)N1C(=O)CCSC(C)=O. The predicted octanol–water partition coefficient (Wildman–Crippen LogP) is 1.63. The monoisotopic (exact) mass is 506 g/mol. The van der Waals surface area contributed by atoms with E-state index in [0.29, 0.717) is 11.3 Å². The van der Waals surface area contributed by atoms with Gasteiger partial charge < -0.3 is 25.0 Å². The van der Waals surface area contributed by atoms with Gasteiger partial charge in [0.15, 0.2) is 5.12 Å². The van der Waals surface area contributed by atoms with Crippen LogP contribution in [0, 0.1) is 0 Å². The molecule has 2 aromatic rings. The first-order valence-corrected chi connectivity index (χ1v) is 12.5. The van der Waals surface area contributed by atoms with E-state index in [4.69, 9.17) is 4.74 Å². The number of nitrogens with one attached hydrogen (secondary N) is 2. The fourth-order valence-electron chi connectivity index (χ4n) is 3.58. The second-order valence-corrected chi connectivity index (χ2v) is 9.90. The van der Waals surface area contributed by atoms with E-state index in [1.807, 2.05) is 0 Å². The van der Waals surface area contributed by atoms with E-state index in [1.54, 1.807) is 24.4 Å². The summed E-state index contributed by atoms with van der Waals surface area (Å²) in [6.45, 7) is 1.43. The van der Waals surface area contributed by atoms with Gasteiger partial charge in [-0.1, -0.05) is 30.0 Å². The largest absolute Gasteiger partial charge is 0.508 e. The van der Waals surface area contributed by atoms with Crippen molar-refractivity contribution in [2.24, 2.45) is 0 Å². The number of phenolic OH excluding ortho intramolecular Hbond substituents is 1. The van der Waals surface area contributed by atoms with E-state index >= 15 is 0 Å². The van der Waals surface area contributed by atoms with Gasteiger partial charge >= 0.3 is 5.97 Å². The third kappa shape index (κ3) is 6.32. The lowest BCUT2D eigenvalue weighted by Gasteiger charge is -2.30. The molecular formula is C22H26N4O6S2. The molecule has 10 nitrogen and oxygen atoms in total. The number of aromatic amines is 1. The summed E-state index contributed by atoms with van der Waals surface area (Å²) >= 11 is 2.38. The van der Waals surface area contributed by atoms with Gasteiger partial charge in [0.1, 0.15) is 23.2 Å². The second-order valence-electron chi connectivity index (χ2n) is 7.52. The Morgan fingerprint density at radius 1 is 1.35 bits per heavy atom. The predicted molar refractivity (Wildman–Crippen MR) is 128 cm³/mol. The molecule has 3 rings (SSSR count). The number of carbonyl (C=O) groups excluding carboxylic acids is 4. The van der Waals surface area contributed by atoms with Crippen molar-refractivity contribution in [3.63, 3.8) is 0 Å². The van der Waals surface area contributed by atoms with Crippen LogP contribution >= 0.6 is 23.5 Å². The van der Waals surface area contributed by atoms with Gasteiger partial charge in [0.25, 0.3) is 0 Å². The second kappa shape index (κ2) is 11.9. The molecule has 1 aromatic carbocycles. The summed E-state index contributed by atoms with van der Waals surface area (Å²) in [5, 5.41) is 12.4. The molecule has 34 heavy (non-hydrogen) atoms. The van der Waals surface area contributed by atoms with Crippen molar-refractivity contribution in [2.45, 2.75) is 37.2 Å². The molecule has 1 saturated heterocycles. The molecule has 0 aliphatic carbocycles. The van der Waals surface area contributed by atoms with E-state index < -0.39 is 29.3 Å². The number of aromatic nitrogens is 2. The number of rotatable bonds is 9. The Hall–Kier alpha value is -2.99. The molecule has 1 aliphatic rings. The van der Waals surface area contributed by atoms with Crippen LogP contribution < -0.4 is 5.32 Å². The maximum Gasteiger partial charge on any atom is 0.328 e. The molecule has 3 N–H and O–H groups in total. The Labute approximate surface area is 205 Å². The van der Waals surface area contributed by atoms with Crippen LogP contribution in [0.5, 0.6) is 5.75 Å². The first-order valence-electron chi connectivity index (χ1n) is 10.5. The molecule has 0 spiro atoms. The van der Waals surface area contributed by atoms with Crippen LogP contribution in [-0.2, 0) is 30.3 Å². The highest BCUT2D eigenvalue weighted by Crippen LogP contribution is 2.44. The van der Waals surface area contributed by atoms with Crippen LogP contribution in [0.25, 0.3) is 0 Å². The molecule has 1 fully saturated rings. The summed E-state index contributed by atoms with van der Waals surface area (Å²) in [4.78, 5) is 58.3. The van der Waals surface area contributed by atoms with Gasteiger partial charge in [-0.25, -0.2) is 9.78 Å². The number of para-hydroxylation sites is 1. The molecule has 1 aromatic heterocycles. The fourth-order valence-corrected chi connectivity index (χ4v) is 5.62. The Morgan fingerprint density at radius 2 is 2.12 bits per heavy atom. The minimum Gasteiger partial charge on any atom is -0.508 e. The lowest BCUT2D eigenvalue weighted by Crippen LogP contribution is -2.53. The Balaban J connectivity index is 1.82. The van der Waals surface area contributed by atoms with E-state index in [-0.39, 0.29) is 41.1 Å². The standard InChI is InChI=1S/C22H26N4O6S2/c1-13(27)33-8-7-19(29)26-17(11-34-21(26)15-5-3-4-6-18(15)28)20(30)25-16(22(31)32-2)9-14-10-23-12-24-14/h3-6,10,12,16-17,21,28H,7-9,11H2,1-2H3,(H,23,24)(H,25,30)/t16?,17-,21+/m0/s1. The third-order valence-electron chi connectivity index (χ3n) is 5.20. The van der Waals surface area contributed by atoms with Gasteiger partial charge in [-0.3, -0.25) is 14.4 Å². The Kier molecular flexibility index (Phi) is 8.99. The number of thioether (sulfide) groups is 2. The van der Waals surface area contributed by atoms with Crippen molar-refractivity contribution in [1.82, 2.24) is 20.2 Å². The molecule has 3 atom stereocenters. The summed E-state index contributed by atoms with van der Waals surface area (Å²) in [5.74, 6) is -0.885. The number of H-pyrrole nitrogens is 1. The molecule has 1 unspecified atom stereocenters. The topological polar surface area (TPSA) is 142 Å². The number of hydrogen-bond acceptors (Lipinski definition) is 9. The van der Waals surface area contributed by atoms with E-state index in [1.165, 1.54) is 43.1 Å². The zero-order chi connectivity index (χ0) is 24.7. The van der Waals surface area contributed by atoms with Gasteiger partial charge in [0.05, 0.1) is 13.4 Å². The molecule has 1 aliphatic heterocycles. The highest BCUT2D eigenvalue weighted by molar-refractivity contribution is 8.13. The van der Waals surface area contributed by atoms with Gasteiger partial charge in [-0.15, -0.1) is 11.8 Å². The summed E-state index contributed by atoms with van der Waals surface area (Å²) in [5.41, 5.74) is 1.15. The number of ether oxygens (including phenoxy) is 1. The molecule has 12 heteroatoms. The van der Waals surface area contributed by atoms with Gasteiger partial charge in [0.2, 0.25) is 11.8 Å². The molecular weight excluding hydrogens is 480 g/mol. The van der Waals surface area contributed by atoms with Gasteiger partial charge in [-0.2, -0.15) is 0 Å². The van der Waals surface area contributed by atoms with Gasteiger partial charge in [0, 0.05) is 48.7 Å². The lowest BCUT2D eigenvalue weighted by atomic mass is 10.1. The smallest absolute Gasteiger partial charge is 0.328 e. The fraction of sp³-hybridized carbons (Fsp3) is 0.409. The Bertz CT molecular complexity index is 1030. The number of carbonyl (C=O) groups is 4. The normalized spacial score (nSPS) is 18.4. The average Bonchev–Trinajstić information content (AvgIpc) is 3.48. The number of aromatic hydroxyl groups is 1. The van der Waals surface area contributed by atoms with Crippen LogP contribution in [0.2, 0.25) is 0 Å². The van der Waals surface area contributed by atoms with Crippen molar-refractivity contribution >= 4 is 46.4 Å². The highest BCUT2D eigenvalue weighted by atomic mass is 32.2. The van der Waals surface area contributed by atoms with E-state index in [2.05, 4.69) is 15.3 Å². The van der Waals surface area contributed by atoms with Crippen molar-refractivity contribution in [2.75, 3.05) is 18.6 Å². The first kappa shape index (κ1) is 25.6. The van der Waals surface area contributed by atoms with Crippen LogP contribution in [-0.4, -0.2) is 73.6 Å². The molecule has 0 saturated carbocycles. The van der Waals surface area contributed by atoms with Crippen molar-refractivity contribution in [1.29, 1.82) is 0 Å². The average molecular weight is 507 g/mol. The number of benzene rings is 1. The number of esters is 1. The van der Waals surface area contributed by atoms with E-state index in [9.17, 15) is 24.3 Å². The number of hydrogen-bond donors (Lipinski definition) is 3. The molecule has 0 bridgehead atoms. The maximum absolute atomic E-state index is 13.3. The molecule has 2 heterocycles. The highest BCUT2D eigenvalue weighted by Gasteiger charge is 2.43. The van der Waals surface area contributed by atoms with Gasteiger partial charge in [-0.05, 0) is 6.07 Å². The minimum absolute atomic E-state index is 0.0173. The van der Waals surface area contributed by atoms with Crippen LogP contribution in [0.3, 0.4) is 0 Å². The number of imidazole rings is 1. The summed E-state index contributed by atoms with van der Waals surface area (Å²) in [6, 6.07) is 4.79. The van der Waals surface area contributed by atoms with Crippen LogP contribution in [0.1, 0.15) is 30.0 Å². The quantitative estimate of drug-likeness (QED) is 0.433. The molecule has 2 amide bonds.